The second kappa shape index (κ2) is 5.05. The van der Waals surface area contributed by atoms with Gasteiger partial charge in [-0.25, -0.2) is 4.79 Å². The normalized spacial score (nSPS) is 13.2. The van der Waals surface area contributed by atoms with Crippen LogP contribution in [0.2, 0.25) is 0 Å². The van der Waals surface area contributed by atoms with E-state index in [4.69, 9.17) is 19.3 Å². The van der Waals surface area contributed by atoms with Crippen molar-refractivity contribution in [3.05, 3.63) is 23.3 Å². The van der Waals surface area contributed by atoms with E-state index in [-0.39, 0.29) is 24.5 Å². The van der Waals surface area contributed by atoms with E-state index in [1.807, 2.05) is 0 Å². The lowest BCUT2D eigenvalue weighted by Gasteiger charge is -2.21. The third kappa shape index (κ3) is 2.14. The van der Waals surface area contributed by atoms with Crippen molar-refractivity contribution in [3.63, 3.8) is 0 Å². The summed E-state index contributed by atoms with van der Waals surface area (Å²) in [5.74, 6) is -1.99. The largest absolute Gasteiger partial charge is 0.486 e. The predicted molar refractivity (Wildman–Crippen MR) is 60.1 cm³/mol. The van der Waals surface area contributed by atoms with Gasteiger partial charge >= 0.3 is 5.97 Å². The number of ketones is 1. The maximum atomic E-state index is 11.7. The highest BCUT2D eigenvalue weighted by Crippen LogP contribution is 2.36. The molecule has 0 unspecified atom stereocenters. The van der Waals surface area contributed by atoms with Gasteiger partial charge < -0.3 is 19.3 Å². The van der Waals surface area contributed by atoms with Gasteiger partial charge in [-0.05, 0) is 11.6 Å². The van der Waals surface area contributed by atoms with Crippen LogP contribution in [0.4, 0.5) is 0 Å². The zero-order valence-corrected chi connectivity index (χ0v) is 9.76. The van der Waals surface area contributed by atoms with Crippen LogP contribution in [0.1, 0.15) is 15.9 Å². The summed E-state index contributed by atoms with van der Waals surface area (Å²) < 4.78 is 15.6. The predicted octanol–water partition coefficient (Wildman–Crippen LogP) is 0.872. The number of carboxylic acids is 1. The van der Waals surface area contributed by atoms with Crippen molar-refractivity contribution in [2.45, 2.75) is 6.61 Å². The number of carboxylic acid groups (broad SMARTS) is 1. The Kier molecular flexibility index (Phi) is 3.47. The van der Waals surface area contributed by atoms with Gasteiger partial charge in [0.1, 0.15) is 13.2 Å². The van der Waals surface area contributed by atoms with Crippen molar-refractivity contribution < 1.29 is 28.9 Å². The number of rotatable bonds is 4. The number of methoxy groups -OCH3 is 1. The van der Waals surface area contributed by atoms with Crippen molar-refractivity contribution in [3.8, 4) is 11.5 Å². The number of hydrogen-bond acceptors (Lipinski definition) is 5. The fourth-order valence-electron chi connectivity index (χ4n) is 1.79. The summed E-state index contributed by atoms with van der Waals surface area (Å²) in [6.07, 6.45) is 0. The standard InChI is InChI=1S/C12H12O6/c1-16-6-7-2-3-8-11(18-5-4-17-8)9(7)10(13)12(14)15/h2-3H,4-6H2,1H3,(H,14,15). The van der Waals surface area contributed by atoms with Gasteiger partial charge in [0, 0.05) is 7.11 Å². The van der Waals surface area contributed by atoms with E-state index in [1.165, 1.54) is 7.11 Å². The molecule has 6 nitrogen and oxygen atoms in total. The Morgan fingerprint density at radius 3 is 2.72 bits per heavy atom. The number of hydrogen-bond donors (Lipinski definition) is 1. The molecule has 0 spiro atoms. The van der Waals surface area contributed by atoms with E-state index in [1.54, 1.807) is 12.1 Å². The van der Waals surface area contributed by atoms with Gasteiger partial charge in [0.15, 0.2) is 11.5 Å². The van der Waals surface area contributed by atoms with Crippen LogP contribution in [0.25, 0.3) is 0 Å². The Morgan fingerprint density at radius 2 is 2.06 bits per heavy atom. The number of Topliss-reactive ketones (excluding diaryl/α,β-unsaturated/α-hetero) is 1. The monoisotopic (exact) mass is 252 g/mol. The van der Waals surface area contributed by atoms with Gasteiger partial charge in [0.25, 0.3) is 5.78 Å². The summed E-state index contributed by atoms with van der Waals surface area (Å²) in [6.45, 7) is 0.783. The van der Waals surface area contributed by atoms with Gasteiger partial charge in [-0.15, -0.1) is 0 Å². The lowest BCUT2D eigenvalue weighted by atomic mass is 10.0. The molecule has 18 heavy (non-hydrogen) atoms. The van der Waals surface area contributed by atoms with Crippen LogP contribution in [-0.4, -0.2) is 37.2 Å². The summed E-state index contributed by atoms with van der Waals surface area (Å²) >= 11 is 0. The van der Waals surface area contributed by atoms with E-state index in [9.17, 15) is 9.59 Å². The molecule has 0 radical (unpaired) electrons. The molecular weight excluding hydrogens is 240 g/mol. The molecule has 0 saturated carbocycles. The first kappa shape index (κ1) is 12.4. The molecule has 96 valence electrons. The second-order valence-electron chi connectivity index (χ2n) is 3.69. The Morgan fingerprint density at radius 1 is 1.33 bits per heavy atom. The number of aliphatic carboxylic acids is 1. The van der Waals surface area contributed by atoms with Crippen LogP contribution in [0, 0.1) is 0 Å². The molecule has 1 aromatic carbocycles. The third-order valence-corrected chi connectivity index (χ3v) is 2.52. The Hall–Kier alpha value is -2.08. The van der Waals surface area contributed by atoms with Crippen molar-refractivity contribution in [1.82, 2.24) is 0 Å². The maximum absolute atomic E-state index is 11.7. The quantitative estimate of drug-likeness (QED) is 0.632. The van der Waals surface area contributed by atoms with Crippen LogP contribution in [0.15, 0.2) is 12.1 Å². The minimum Gasteiger partial charge on any atom is -0.486 e. The van der Waals surface area contributed by atoms with Crippen LogP contribution in [0.5, 0.6) is 11.5 Å². The maximum Gasteiger partial charge on any atom is 0.377 e. The highest BCUT2D eigenvalue weighted by molar-refractivity contribution is 6.41. The SMILES string of the molecule is COCc1ccc2c(c1C(=O)C(=O)O)OCCO2. The summed E-state index contributed by atoms with van der Waals surface area (Å²) in [4.78, 5) is 22.6. The first-order valence-electron chi connectivity index (χ1n) is 5.33. The summed E-state index contributed by atoms with van der Waals surface area (Å²) in [6, 6.07) is 3.24. The van der Waals surface area contributed by atoms with Gasteiger partial charge in [-0.1, -0.05) is 6.07 Å². The Labute approximate surface area is 103 Å². The van der Waals surface area contributed by atoms with Gasteiger partial charge in [-0.2, -0.15) is 0 Å². The van der Waals surface area contributed by atoms with Gasteiger partial charge in [0.05, 0.1) is 12.2 Å². The van der Waals surface area contributed by atoms with Crippen molar-refractivity contribution in [1.29, 1.82) is 0 Å². The third-order valence-electron chi connectivity index (χ3n) is 2.52. The molecule has 6 heteroatoms. The highest BCUT2D eigenvalue weighted by atomic mass is 16.6. The molecule has 0 atom stereocenters. The lowest BCUT2D eigenvalue weighted by Crippen LogP contribution is -2.22. The molecule has 1 aliphatic heterocycles. The molecule has 0 fully saturated rings. The average molecular weight is 252 g/mol. The van der Waals surface area contributed by atoms with Crippen molar-refractivity contribution >= 4 is 11.8 Å². The number of benzene rings is 1. The van der Waals surface area contributed by atoms with Gasteiger partial charge in [-0.3, -0.25) is 4.79 Å². The van der Waals surface area contributed by atoms with Crippen molar-refractivity contribution in [2.75, 3.05) is 20.3 Å². The first-order valence-corrected chi connectivity index (χ1v) is 5.33. The van der Waals surface area contributed by atoms with E-state index in [0.29, 0.717) is 17.9 Å². The molecule has 2 rings (SSSR count). The molecule has 0 aromatic heterocycles. The number of ether oxygens (including phenoxy) is 3. The Bertz CT molecular complexity index is 494. The summed E-state index contributed by atoms with van der Waals surface area (Å²) in [7, 11) is 1.46. The molecule has 0 amide bonds. The molecule has 0 saturated heterocycles. The molecule has 0 bridgehead atoms. The zero-order valence-electron chi connectivity index (χ0n) is 9.76. The van der Waals surface area contributed by atoms with Crippen molar-refractivity contribution in [2.24, 2.45) is 0 Å². The van der Waals surface area contributed by atoms with Crippen LogP contribution >= 0.6 is 0 Å². The Balaban J connectivity index is 2.56. The minimum absolute atomic E-state index is 0.00144. The van der Waals surface area contributed by atoms with Crippen LogP contribution < -0.4 is 9.47 Å². The van der Waals surface area contributed by atoms with E-state index >= 15 is 0 Å². The molecule has 1 aliphatic rings. The molecule has 1 heterocycles. The van der Waals surface area contributed by atoms with Crippen LogP contribution in [-0.2, 0) is 16.1 Å². The minimum atomic E-state index is -1.53. The average Bonchev–Trinajstić information content (AvgIpc) is 2.38. The molecule has 1 N–H and O–H groups in total. The van der Waals surface area contributed by atoms with Gasteiger partial charge in [0.2, 0.25) is 0 Å². The highest BCUT2D eigenvalue weighted by Gasteiger charge is 2.28. The molecular formula is C12H12O6. The molecule has 1 aromatic rings. The zero-order chi connectivity index (χ0) is 13.1. The van der Waals surface area contributed by atoms with E-state index in [2.05, 4.69) is 0 Å². The first-order chi connectivity index (χ1) is 8.65. The topological polar surface area (TPSA) is 82.1 Å². The number of carbonyl (C=O) groups is 2. The summed E-state index contributed by atoms with van der Waals surface area (Å²) in [5, 5.41) is 8.84. The van der Waals surface area contributed by atoms with Crippen LogP contribution in [0.3, 0.4) is 0 Å². The fraction of sp³-hybridized carbons (Fsp3) is 0.333. The summed E-state index contributed by atoms with van der Waals surface area (Å²) in [5.41, 5.74) is 0.468. The fourth-order valence-corrected chi connectivity index (χ4v) is 1.79. The van der Waals surface area contributed by atoms with E-state index < -0.39 is 11.8 Å². The lowest BCUT2D eigenvalue weighted by molar-refractivity contribution is -0.131. The second-order valence-corrected chi connectivity index (χ2v) is 3.69. The number of carbonyl (C=O) groups excluding carboxylic acids is 1. The van der Waals surface area contributed by atoms with E-state index in [0.717, 1.165) is 0 Å². The smallest absolute Gasteiger partial charge is 0.377 e. The molecule has 0 aliphatic carbocycles. The number of fused-ring (bicyclic) bond motifs is 1.